The molecular weight excluding hydrogens is 264 g/mol. The number of phenolic OH excluding ortho intramolecular Hbond substituents is 1. The molecule has 0 aliphatic carbocycles. The van der Waals surface area contributed by atoms with Crippen LogP contribution in [0.5, 0.6) is 5.75 Å². The van der Waals surface area contributed by atoms with E-state index >= 15 is 0 Å². The molecule has 0 aromatic heterocycles. The molecule has 2 atom stereocenters. The number of nitrogens with one attached hydrogen (secondary N) is 1. The molecule has 1 aromatic rings. The molecule has 2 saturated heterocycles. The first kappa shape index (κ1) is 14.4. The number of hydrogen-bond acceptors (Lipinski definition) is 3. The van der Waals surface area contributed by atoms with Gasteiger partial charge >= 0.3 is 0 Å². The van der Waals surface area contributed by atoms with Crippen LogP contribution in [-0.4, -0.2) is 41.1 Å². The van der Waals surface area contributed by atoms with Gasteiger partial charge in [-0.25, -0.2) is 0 Å². The van der Waals surface area contributed by atoms with E-state index in [1.165, 1.54) is 19.3 Å². The van der Waals surface area contributed by atoms with Gasteiger partial charge in [0.25, 0.3) is 5.91 Å². The third kappa shape index (κ3) is 2.91. The highest BCUT2D eigenvalue weighted by Crippen LogP contribution is 2.32. The fourth-order valence-electron chi connectivity index (χ4n) is 3.75. The lowest BCUT2D eigenvalue weighted by molar-refractivity contribution is 0.0463. The molecule has 4 nitrogen and oxygen atoms in total. The third-order valence-corrected chi connectivity index (χ3v) is 5.15. The smallest absolute Gasteiger partial charge is 0.251 e. The Balaban J connectivity index is 1.66. The summed E-state index contributed by atoms with van der Waals surface area (Å²) in [6.07, 6.45) is 5.87. The summed E-state index contributed by atoms with van der Waals surface area (Å²) in [6, 6.07) is 6.59. The van der Waals surface area contributed by atoms with Gasteiger partial charge in [0.2, 0.25) is 0 Å². The van der Waals surface area contributed by atoms with Gasteiger partial charge in [0.1, 0.15) is 5.75 Å². The van der Waals surface area contributed by atoms with Crippen molar-refractivity contribution in [1.82, 2.24) is 10.2 Å². The number of rotatable bonds is 2. The number of benzene rings is 1. The molecule has 2 fully saturated rings. The van der Waals surface area contributed by atoms with E-state index in [0.717, 1.165) is 18.4 Å². The lowest BCUT2D eigenvalue weighted by Gasteiger charge is -2.47. The molecule has 21 heavy (non-hydrogen) atoms. The molecule has 3 rings (SSSR count). The van der Waals surface area contributed by atoms with E-state index in [4.69, 9.17) is 0 Å². The zero-order valence-electron chi connectivity index (χ0n) is 12.8. The van der Waals surface area contributed by atoms with Crippen LogP contribution >= 0.6 is 0 Å². The standard InChI is InChI=1S/C17H24N2O2/c1-11-6-7-12(8-16(11)20)17(21)18-13-9-14-4-3-5-15(10-13)19(14)2/h6-8,13-15,20H,3-5,9-10H2,1-2H3,(H,18,21). The van der Waals surface area contributed by atoms with E-state index in [2.05, 4.69) is 17.3 Å². The third-order valence-electron chi connectivity index (χ3n) is 5.15. The lowest BCUT2D eigenvalue weighted by atomic mass is 9.82. The second-order valence-corrected chi connectivity index (χ2v) is 6.55. The summed E-state index contributed by atoms with van der Waals surface area (Å²) in [5.41, 5.74) is 1.34. The Morgan fingerprint density at radius 2 is 1.95 bits per heavy atom. The molecule has 2 aliphatic heterocycles. The van der Waals surface area contributed by atoms with Crippen LogP contribution in [0.4, 0.5) is 0 Å². The van der Waals surface area contributed by atoms with Crippen molar-refractivity contribution in [3.8, 4) is 5.75 Å². The molecule has 2 heterocycles. The highest BCUT2D eigenvalue weighted by molar-refractivity contribution is 5.94. The van der Waals surface area contributed by atoms with Crippen LogP contribution in [0.3, 0.4) is 0 Å². The highest BCUT2D eigenvalue weighted by atomic mass is 16.3. The molecule has 1 amide bonds. The van der Waals surface area contributed by atoms with Gasteiger partial charge in [0.15, 0.2) is 0 Å². The van der Waals surface area contributed by atoms with Crippen molar-refractivity contribution in [3.63, 3.8) is 0 Å². The Morgan fingerprint density at radius 1 is 1.29 bits per heavy atom. The number of nitrogens with zero attached hydrogens (tertiary/aromatic N) is 1. The van der Waals surface area contributed by atoms with Crippen LogP contribution in [0.2, 0.25) is 0 Å². The van der Waals surface area contributed by atoms with E-state index in [0.29, 0.717) is 17.6 Å². The van der Waals surface area contributed by atoms with E-state index in [-0.39, 0.29) is 17.7 Å². The van der Waals surface area contributed by atoms with Crippen molar-refractivity contribution in [1.29, 1.82) is 0 Å². The molecule has 114 valence electrons. The average molecular weight is 288 g/mol. The Labute approximate surface area is 126 Å². The number of amides is 1. The molecule has 2 bridgehead atoms. The molecule has 0 saturated carbocycles. The Hall–Kier alpha value is -1.55. The molecule has 0 radical (unpaired) electrons. The average Bonchev–Trinajstić information content (AvgIpc) is 2.43. The van der Waals surface area contributed by atoms with Crippen LogP contribution in [0, 0.1) is 6.92 Å². The highest BCUT2D eigenvalue weighted by Gasteiger charge is 2.36. The van der Waals surface area contributed by atoms with E-state index < -0.39 is 0 Å². The number of piperidine rings is 2. The first-order chi connectivity index (χ1) is 10.0. The summed E-state index contributed by atoms with van der Waals surface area (Å²) in [5.74, 6) is 0.112. The number of fused-ring (bicyclic) bond motifs is 2. The maximum Gasteiger partial charge on any atom is 0.251 e. The summed E-state index contributed by atoms with van der Waals surface area (Å²) in [5, 5.41) is 12.9. The minimum Gasteiger partial charge on any atom is -0.508 e. The second kappa shape index (κ2) is 5.68. The van der Waals surface area contributed by atoms with Gasteiger partial charge in [-0.3, -0.25) is 4.79 Å². The van der Waals surface area contributed by atoms with Crippen LogP contribution in [0.15, 0.2) is 18.2 Å². The van der Waals surface area contributed by atoms with Gasteiger partial charge < -0.3 is 15.3 Å². The van der Waals surface area contributed by atoms with E-state index in [1.807, 2.05) is 6.92 Å². The largest absolute Gasteiger partial charge is 0.508 e. The van der Waals surface area contributed by atoms with Crippen molar-refractivity contribution < 1.29 is 9.90 Å². The number of phenols is 1. The Morgan fingerprint density at radius 3 is 2.57 bits per heavy atom. The quantitative estimate of drug-likeness (QED) is 0.879. The van der Waals surface area contributed by atoms with Crippen LogP contribution < -0.4 is 5.32 Å². The fourth-order valence-corrected chi connectivity index (χ4v) is 3.75. The van der Waals surface area contributed by atoms with Crippen LogP contribution in [-0.2, 0) is 0 Å². The number of carbonyl (C=O) groups excluding carboxylic acids is 1. The predicted molar refractivity (Wildman–Crippen MR) is 82.5 cm³/mol. The van der Waals surface area contributed by atoms with Gasteiger partial charge in [-0.05, 0) is 57.4 Å². The number of aromatic hydroxyl groups is 1. The van der Waals surface area contributed by atoms with Crippen molar-refractivity contribution >= 4 is 5.91 Å². The summed E-state index contributed by atoms with van der Waals surface area (Å²) in [6.45, 7) is 1.83. The van der Waals surface area contributed by atoms with Gasteiger partial charge in [0, 0.05) is 23.7 Å². The zero-order valence-corrected chi connectivity index (χ0v) is 12.8. The molecule has 4 heteroatoms. The van der Waals surface area contributed by atoms with Crippen molar-refractivity contribution in [3.05, 3.63) is 29.3 Å². The predicted octanol–water partition coefficient (Wildman–Crippen LogP) is 2.45. The minimum absolute atomic E-state index is 0.0714. The van der Waals surface area contributed by atoms with Gasteiger partial charge in [-0.15, -0.1) is 0 Å². The van der Waals surface area contributed by atoms with Crippen LogP contribution in [0.1, 0.15) is 48.0 Å². The van der Waals surface area contributed by atoms with Gasteiger partial charge in [-0.1, -0.05) is 12.5 Å². The van der Waals surface area contributed by atoms with Gasteiger partial charge in [0.05, 0.1) is 0 Å². The molecule has 2 aliphatic rings. The SMILES string of the molecule is Cc1ccc(C(=O)NC2CC3CCCC(C2)N3C)cc1O. The maximum absolute atomic E-state index is 12.3. The Kier molecular flexibility index (Phi) is 3.89. The summed E-state index contributed by atoms with van der Waals surface area (Å²) in [7, 11) is 2.21. The Bertz CT molecular complexity index is 530. The summed E-state index contributed by atoms with van der Waals surface area (Å²) >= 11 is 0. The number of hydrogen-bond donors (Lipinski definition) is 2. The maximum atomic E-state index is 12.3. The first-order valence-electron chi connectivity index (χ1n) is 7.87. The monoisotopic (exact) mass is 288 g/mol. The van der Waals surface area contributed by atoms with Gasteiger partial charge in [-0.2, -0.15) is 0 Å². The molecular formula is C17H24N2O2. The molecule has 2 unspecified atom stereocenters. The second-order valence-electron chi connectivity index (χ2n) is 6.55. The molecule has 1 aromatic carbocycles. The number of aryl methyl sites for hydroxylation is 1. The minimum atomic E-state index is -0.0714. The van der Waals surface area contributed by atoms with E-state index in [9.17, 15) is 9.90 Å². The van der Waals surface area contributed by atoms with Crippen LogP contribution in [0.25, 0.3) is 0 Å². The summed E-state index contributed by atoms with van der Waals surface area (Å²) in [4.78, 5) is 14.8. The number of carbonyl (C=O) groups is 1. The van der Waals surface area contributed by atoms with Crippen molar-refractivity contribution in [2.75, 3.05) is 7.05 Å². The van der Waals surface area contributed by atoms with Crippen molar-refractivity contribution in [2.45, 2.75) is 57.2 Å². The topological polar surface area (TPSA) is 52.6 Å². The van der Waals surface area contributed by atoms with E-state index in [1.54, 1.807) is 18.2 Å². The fraction of sp³-hybridized carbons (Fsp3) is 0.588. The molecule has 2 N–H and O–H groups in total. The normalized spacial score (nSPS) is 29.1. The summed E-state index contributed by atoms with van der Waals surface area (Å²) < 4.78 is 0. The van der Waals surface area contributed by atoms with Crippen molar-refractivity contribution in [2.24, 2.45) is 0 Å². The lowest BCUT2D eigenvalue weighted by Crippen LogP contribution is -2.55. The first-order valence-corrected chi connectivity index (χ1v) is 7.87. The molecule has 0 spiro atoms. The zero-order chi connectivity index (χ0) is 15.0.